The molecule has 1 aliphatic carbocycles. The van der Waals surface area contributed by atoms with Crippen LogP contribution in [0.1, 0.15) is 42.0 Å². The molecule has 0 spiro atoms. The van der Waals surface area contributed by atoms with Gasteiger partial charge in [0, 0.05) is 11.6 Å². The van der Waals surface area contributed by atoms with Crippen LogP contribution in [0.25, 0.3) is 0 Å². The van der Waals surface area contributed by atoms with E-state index >= 15 is 0 Å². The third-order valence-electron chi connectivity index (χ3n) is 3.60. The zero-order valence-electron chi connectivity index (χ0n) is 12.2. The van der Waals surface area contributed by atoms with Gasteiger partial charge in [0.1, 0.15) is 5.82 Å². The van der Waals surface area contributed by atoms with E-state index < -0.39 is 16.9 Å². The normalized spacial score (nSPS) is 15.8. The number of hydrogen-bond acceptors (Lipinski definition) is 4. The van der Waals surface area contributed by atoms with Gasteiger partial charge in [0.25, 0.3) is 0 Å². The largest absolute Gasteiger partial charge is 0.303 e. The summed E-state index contributed by atoms with van der Waals surface area (Å²) in [4.78, 5) is 12.3. The van der Waals surface area contributed by atoms with Crippen LogP contribution in [0.3, 0.4) is 0 Å². The lowest BCUT2D eigenvalue weighted by Gasteiger charge is -2.11. The topological polar surface area (TPSA) is 47.8 Å². The Hall–Kier alpha value is -1.76. The number of thioether (sulfide) groups is 1. The molecule has 4 nitrogen and oxygen atoms in total. The molecule has 0 amide bonds. The molecule has 0 radical (unpaired) electrons. The molecule has 3 rings (SSSR count). The Labute approximate surface area is 130 Å². The molecule has 1 aromatic carbocycles. The second-order valence-electron chi connectivity index (χ2n) is 5.38. The zero-order chi connectivity index (χ0) is 15.9. The smallest absolute Gasteiger partial charge is 0.192 e. The van der Waals surface area contributed by atoms with Gasteiger partial charge in [0.05, 0.1) is 5.25 Å². The Bertz CT molecular complexity index is 728. The highest BCUT2D eigenvalue weighted by molar-refractivity contribution is 8.00. The molecule has 0 bridgehead atoms. The average molecular weight is 323 g/mol. The van der Waals surface area contributed by atoms with E-state index in [0.717, 1.165) is 30.8 Å². The Morgan fingerprint density at radius 3 is 2.68 bits per heavy atom. The van der Waals surface area contributed by atoms with Crippen LogP contribution in [0.4, 0.5) is 8.78 Å². The molecular formula is C15H15F2N3OS. The van der Waals surface area contributed by atoms with Crippen LogP contribution >= 0.6 is 11.8 Å². The third-order valence-corrected chi connectivity index (χ3v) is 4.66. The maximum absolute atomic E-state index is 13.3. The van der Waals surface area contributed by atoms with Crippen LogP contribution in [0.15, 0.2) is 23.4 Å². The predicted octanol–water partition coefficient (Wildman–Crippen LogP) is 3.56. The van der Waals surface area contributed by atoms with Gasteiger partial charge in [-0.25, -0.2) is 8.78 Å². The summed E-state index contributed by atoms with van der Waals surface area (Å²) in [6.45, 7) is 3.62. The van der Waals surface area contributed by atoms with Crippen LogP contribution in [0, 0.1) is 18.6 Å². The number of nitrogens with zero attached hydrogens (tertiary/aromatic N) is 3. The minimum absolute atomic E-state index is 0.160. The van der Waals surface area contributed by atoms with E-state index in [-0.39, 0.29) is 11.3 Å². The van der Waals surface area contributed by atoms with E-state index in [1.807, 2.05) is 11.5 Å². The van der Waals surface area contributed by atoms with Crippen molar-refractivity contribution in [3.8, 4) is 0 Å². The van der Waals surface area contributed by atoms with Crippen LogP contribution in [0.2, 0.25) is 0 Å². The molecule has 0 unspecified atom stereocenters. The van der Waals surface area contributed by atoms with E-state index in [4.69, 9.17) is 0 Å². The molecule has 1 heterocycles. The summed E-state index contributed by atoms with van der Waals surface area (Å²) in [7, 11) is 0. The van der Waals surface area contributed by atoms with Crippen molar-refractivity contribution in [3.05, 3.63) is 41.2 Å². The van der Waals surface area contributed by atoms with Crippen molar-refractivity contribution in [2.24, 2.45) is 0 Å². The summed E-state index contributed by atoms with van der Waals surface area (Å²) < 4.78 is 28.2. The highest BCUT2D eigenvalue weighted by Crippen LogP contribution is 2.39. The summed E-state index contributed by atoms with van der Waals surface area (Å²) in [6, 6.07) is 3.62. The average Bonchev–Trinajstić information content (AvgIpc) is 3.26. The number of carbonyl (C=O) groups excluding carboxylic acids is 1. The molecule has 0 saturated heterocycles. The van der Waals surface area contributed by atoms with E-state index in [1.165, 1.54) is 17.8 Å². The molecule has 22 heavy (non-hydrogen) atoms. The van der Waals surface area contributed by atoms with Gasteiger partial charge in [-0.1, -0.05) is 11.8 Å². The second-order valence-corrected chi connectivity index (χ2v) is 6.69. The summed E-state index contributed by atoms with van der Waals surface area (Å²) in [5, 5.41) is 8.42. The van der Waals surface area contributed by atoms with E-state index in [0.29, 0.717) is 11.2 Å². The Balaban J connectivity index is 1.77. The number of benzene rings is 1. The van der Waals surface area contributed by atoms with Crippen molar-refractivity contribution < 1.29 is 13.6 Å². The number of aromatic nitrogens is 3. The van der Waals surface area contributed by atoms with Gasteiger partial charge in [0.15, 0.2) is 22.6 Å². The fourth-order valence-electron chi connectivity index (χ4n) is 2.28. The van der Waals surface area contributed by atoms with Gasteiger partial charge in [-0.15, -0.1) is 10.2 Å². The number of rotatable bonds is 5. The fourth-order valence-corrected chi connectivity index (χ4v) is 3.32. The summed E-state index contributed by atoms with van der Waals surface area (Å²) in [5.74, 6) is -1.40. The Morgan fingerprint density at radius 1 is 1.32 bits per heavy atom. The monoisotopic (exact) mass is 323 g/mol. The van der Waals surface area contributed by atoms with Crippen molar-refractivity contribution in [1.82, 2.24) is 14.8 Å². The maximum Gasteiger partial charge on any atom is 0.192 e. The van der Waals surface area contributed by atoms with Crippen molar-refractivity contribution in [1.29, 1.82) is 0 Å². The van der Waals surface area contributed by atoms with E-state index in [1.54, 1.807) is 6.92 Å². The first kappa shape index (κ1) is 15.1. The first-order valence-corrected chi connectivity index (χ1v) is 7.92. The molecular weight excluding hydrogens is 308 g/mol. The van der Waals surface area contributed by atoms with Crippen LogP contribution in [-0.2, 0) is 0 Å². The van der Waals surface area contributed by atoms with Gasteiger partial charge >= 0.3 is 0 Å². The predicted molar refractivity (Wildman–Crippen MR) is 79.0 cm³/mol. The highest BCUT2D eigenvalue weighted by atomic mass is 32.2. The quantitative estimate of drug-likeness (QED) is 0.623. The van der Waals surface area contributed by atoms with Crippen LogP contribution < -0.4 is 0 Å². The first-order valence-electron chi connectivity index (χ1n) is 7.05. The number of ketones is 1. The van der Waals surface area contributed by atoms with E-state index in [9.17, 15) is 13.6 Å². The molecule has 1 fully saturated rings. The van der Waals surface area contributed by atoms with Gasteiger partial charge in [-0.2, -0.15) is 0 Å². The summed E-state index contributed by atoms with van der Waals surface area (Å²) in [5.41, 5.74) is 0.160. The molecule has 2 aromatic rings. The minimum Gasteiger partial charge on any atom is -0.303 e. The molecule has 1 atom stereocenters. The van der Waals surface area contributed by atoms with Gasteiger partial charge in [-0.3, -0.25) is 4.79 Å². The SMILES string of the molecule is Cc1nnc(S[C@@H](C)C(=O)c2ccc(F)c(F)c2)n1C1CC1. The lowest BCUT2D eigenvalue weighted by molar-refractivity contribution is 0.0993. The number of halogens is 2. The summed E-state index contributed by atoms with van der Waals surface area (Å²) >= 11 is 1.30. The molecule has 116 valence electrons. The third kappa shape index (κ3) is 2.90. The lowest BCUT2D eigenvalue weighted by Crippen LogP contribution is -2.15. The molecule has 1 saturated carbocycles. The standard InChI is InChI=1S/C15H15F2N3OS/c1-8(14(21)10-3-6-12(16)13(17)7-10)22-15-19-18-9(2)20(15)11-4-5-11/h3,6-8,11H,4-5H2,1-2H3/t8-/m0/s1. The zero-order valence-corrected chi connectivity index (χ0v) is 13.0. The maximum atomic E-state index is 13.3. The van der Waals surface area contributed by atoms with Crippen LogP contribution in [0.5, 0.6) is 0 Å². The van der Waals surface area contributed by atoms with Crippen LogP contribution in [-0.4, -0.2) is 25.8 Å². The van der Waals surface area contributed by atoms with Gasteiger partial charge < -0.3 is 4.57 Å². The van der Waals surface area contributed by atoms with Gasteiger partial charge in [-0.05, 0) is 44.9 Å². The molecule has 0 N–H and O–H groups in total. The fraction of sp³-hybridized carbons (Fsp3) is 0.400. The number of carbonyl (C=O) groups is 1. The number of aryl methyl sites for hydroxylation is 1. The lowest BCUT2D eigenvalue weighted by atomic mass is 10.1. The molecule has 1 aliphatic rings. The highest BCUT2D eigenvalue weighted by Gasteiger charge is 2.30. The van der Waals surface area contributed by atoms with Gasteiger partial charge in [0.2, 0.25) is 0 Å². The van der Waals surface area contributed by atoms with Crippen molar-refractivity contribution >= 4 is 17.5 Å². The van der Waals surface area contributed by atoms with Crippen molar-refractivity contribution in [2.75, 3.05) is 0 Å². The van der Waals surface area contributed by atoms with Crippen molar-refractivity contribution in [2.45, 2.75) is 43.1 Å². The summed E-state index contributed by atoms with van der Waals surface area (Å²) in [6.07, 6.45) is 2.19. The van der Waals surface area contributed by atoms with E-state index in [2.05, 4.69) is 10.2 Å². The van der Waals surface area contributed by atoms with Crippen molar-refractivity contribution in [3.63, 3.8) is 0 Å². The first-order chi connectivity index (χ1) is 10.5. The Kier molecular flexibility index (Phi) is 3.99. The minimum atomic E-state index is -1.01. The molecule has 0 aliphatic heterocycles. The Morgan fingerprint density at radius 2 is 2.05 bits per heavy atom. The number of Topliss-reactive ketones (excluding diaryl/α,β-unsaturated/α-hetero) is 1. The molecule has 1 aromatic heterocycles. The second kappa shape index (κ2) is 5.79. The molecule has 7 heteroatoms. The number of hydrogen-bond donors (Lipinski definition) is 0.